The number of thiophene rings is 1. The van der Waals surface area contributed by atoms with Crippen molar-refractivity contribution in [3.63, 3.8) is 0 Å². The predicted molar refractivity (Wildman–Crippen MR) is 150 cm³/mol. The van der Waals surface area contributed by atoms with Gasteiger partial charge in [-0.15, -0.1) is 11.3 Å². The molecule has 0 radical (unpaired) electrons. The molecule has 1 aliphatic carbocycles. The topological polar surface area (TPSA) is 77.1 Å². The molecule has 0 aliphatic heterocycles. The largest absolute Gasteiger partial charge is 0.494 e. The van der Waals surface area contributed by atoms with Gasteiger partial charge in [0.05, 0.1) is 27.2 Å². The fourth-order valence-corrected chi connectivity index (χ4v) is 5.70. The van der Waals surface area contributed by atoms with Crippen LogP contribution in [0, 0.1) is 0 Å². The molecule has 0 unspecified atom stereocenters. The Bertz CT molecular complexity index is 1190. The van der Waals surface area contributed by atoms with Gasteiger partial charge >= 0.3 is 0 Å². The van der Waals surface area contributed by atoms with E-state index in [2.05, 4.69) is 5.32 Å². The molecule has 2 aromatic carbocycles. The fourth-order valence-electron chi connectivity index (χ4n) is 5.01. The zero-order chi connectivity index (χ0) is 26.9. The molecule has 202 valence electrons. The van der Waals surface area contributed by atoms with Gasteiger partial charge in [0.15, 0.2) is 11.5 Å². The van der Waals surface area contributed by atoms with Gasteiger partial charge in [-0.2, -0.15) is 0 Å². The first-order valence-corrected chi connectivity index (χ1v) is 14.0. The van der Waals surface area contributed by atoms with Gasteiger partial charge < -0.3 is 19.5 Å². The average molecular weight is 537 g/mol. The van der Waals surface area contributed by atoms with Crippen molar-refractivity contribution in [3.05, 3.63) is 70.4 Å². The van der Waals surface area contributed by atoms with Crippen LogP contribution in [0.5, 0.6) is 17.2 Å². The van der Waals surface area contributed by atoms with Crippen LogP contribution >= 0.6 is 11.3 Å². The minimum Gasteiger partial charge on any atom is -0.494 e. The molecule has 2 amide bonds. The van der Waals surface area contributed by atoms with E-state index in [-0.39, 0.29) is 24.3 Å². The number of amides is 2. The van der Waals surface area contributed by atoms with Gasteiger partial charge in [-0.1, -0.05) is 37.5 Å². The van der Waals surface area contributed by atoms with Crippen LogP contribution in [0.15, 0.2) is 60.0 Å². The normalized spacial score (nSPS) is 14.4. The SMILES string of the molecule is CCOc1ccc(N(C(=O)Cc2cccs2)[C@H](C(=O)NC2CCCCC2)c2cccc(OC)c2OC)cc1. The maximum atomic E-state index is 14.1. The summed E-state index contributed by atoms with van der Waals surface area (Å²) in [5.41, 5.74) is 1.16. The Hall–Kier alpha value is -3.52. The van der Waals surface area contributed by atoms with Crippen molar-refractivity contribution in [2.24, 2.45) is 0 Å². The van der Waals surface area contributed by atoms with Gasteiger partial charge in [-0.05, 0) is 61.5 Å². The van der Waals surface area contributed by atoms with Crippen LogP contribution in [0.4, 0.5) is 5.69 Å². The summed E-state index contributed by atoms with van der Waals surface area (Å²) in [6.45, 7) is 2.46. The van der Waals surface area contributed by atoms with Crippen molar-refractivity contribution in [1.82, 2.24) is 5.32 Å². The quantitative estimate of drug-likeness (QED) is 0.329. The summed E-state index contributed by atoms with van der Waals surface area (Å²) >= 11 is 1.52. The van der Waals surface area contributed by atoms with E-state index < -0.39 is 6.04 Å². The van der Waals surface area contributed by atoms with Crippen LogP contribution < -0.4 is 24.4 Å². The summed E-state index contributed by atoms with van der Waals surface area (Å²) < 4.78 is 16.9. The minimum atomic E-state index is -0.965. The molecule has 7 nitrogen and oxygen atoms in total. The average Bonchev–Trinajstić information content (AvgIpc) is 3.45. The van der Waals surface area contributed by atoms with Crippen molar-refractivity contribution in [2.45, 2.75) is 57.5 Å². The fraction of sp³-hybridized carbons (Fsp3) is 0.400. The molecule has 3 aromatic rings. The number of nitrogens with zero attached hydrogens (tertiary/aromatic N) is 1. The third kappa shape index (κ3) is 6.48. The summed E-state index contributed by atoms with van der Waals surface area (Å²) in [6, 6.07) is 15.7. The zero-order valence-corrected chi connectivity index (χ0v) is 23.1. The lowest BCUT2D eigenvalue weighted by Crippen LogP contribution is -2.47. The molecule has 4 rings (SSSR count). The highest BCUT2D eigenvalue weighted by atomic mass is 32.1. The monoisotopic (exact) mass is 536 g/mol. The number of para-hydroxylation sites is 1. The summed E-state index contributed by atoms with van der Waals surface area (Å²) in [6.07, 6.45) is 5.37. The highest BCUT2D eigenvalue weighted by Gasteiger charge is 2.36. The molecular weight excluding hydrogens is 500 g/mol. The van der Waals surface area contributed by atoms with Gasteiger partial charge in [0, 0.05) is 22.2 Å². The number of rotatable bonds is 11. The molecule has 1 saturated carbocycles. The summed E-state index contributed by atoms with van der Waals surface area (Å²) in [7, 11) is 3.11. The molecule has 1 aliphatic rings. The molecule has 1 aromatic heterocycles. The van der Waals surface area contributed by atoms with Crippen molar-refractivity contribution >= 4 is 28.8 Å². The number of hydrogen-bond acceptors (Lipinski definition) is 6. The molecule has 8 heteroatoms. The van der Waals surface area contributed by atoms with E-state index in [0.29, 0.717) is 35.1 Å². The second-order valence-corrected chi connectivity index (χ2v) is 10.3. The molecule has 1 N–H and O–H groups in total. The van der Waals surface area contributed by atoms with E-state index in [9.17, 15) is 9.59 Å². The molecular formula is C30H36N2O5S. The Morgan fingerprint density at radius 3 is 2.39 bits per heavy atom. The Labute approximate surface area is 228 Å². The first kappa shape index (κ1) is 27.5. The number of methoxy groups -OCH3 is 2. The molecule has 1 atom stereocenters. The smallest absolute Gasteiger partial charge is 0.248 e. The molecule has 1 fully saturated rings. The van der Waals surface area contributed by atoms with Crippen molar-refractivity contribution in [3.8, 4) is 17.2 Å². The van der Waals surface area contributed by atoms with E-state index in [4.69, 9.17) is 14.2 Å². The number of anilines is 1. The second-order valence-electron chi connectivity index (χ2n) is 9.28. The molecule has 0 saturated heterocycles. The Morgan fingerprint density at radius 1 is 1.00 bits per heavy atom. The second kappa shape index (κ2) is 13.3. The molecule has 0 spiro atoms. The lowest BCUT2D eigenvalue weighted by atomic mass is 9.94. The van der Waals surface area contributed by atoms with Crippen molar-refractivity contribution in [2.75, 3.05) is 25.7 Å². The summed E-state index contributed by atoms with van der Waals surface area (Å²) in [5.74, 6) is 1.20. The van der Waals surface area contributed by atoms with Gasteiger partial charge in [0.2, 0.25) is 11.8 Å². The maximum Gasteiger partial charge on any atom is 0.248 e. The van der Waals surface area contributed by atoms with E-state index in [1.807, 2.05) is 60.8 Å². The zero-order valence-electron chi connectivity index (χ0n) is 22.3. The van der Waals surface area contributed by atoms with Crippen LogP contribution in [0.3, 0.4) is 0 Å². The number of nitrogens with one attached hydrogen (secondary N) is 1. The predicted octanol–water partition coefficient (Wildman–Crippen LogP) is 5.93. The Kier molecular flexibility index (Phi) is 9.65. The van der Waals surface area contributed by atoms with E-state index in [0.717, 1.165) is 30.6 Å². The Balaban J connectivity index is 1.82. The van der Waals surface area contributed by atoms with Crippen LogP contribution in [0.25, 0.3) is 0 Å². The first-order valence-electron chi connectivity index (χ1n) is 13.1. The number of ether oxygens (including phenoxy) is 3. The van der Waals surface area contributed by atoms with Crippen LogP contribution in [0.1, 0.15) is 55.5 Å². The standard InChI is InChI=1S/C30H36N2O5S/c1-4-37-23-17-15-22(16-18-23)32(27(33)20-24-12-9-19-38-24)28(30(34)31-21-10-6-5-7-11-21)25-13-8-14-26(35-2)29(25)36-3/h8-9,12-19,21,28H,4-7,10-11,20H2,1-3H3,(H,31,34)/t28-/m0/s1. The third-order valence-electron chi connectivity index (χ3n) is 6.79. The number of benzene rings is 2. The highest BCUT2D eigenvalue weighted by Crippen LogP contribution is 2.40. The first-order chi connectivity index (χ1) is 18.5. The number of hydrogen-bond donors (Lipinski definition) is 1. The van der Waals surface area contributed by atoms with Crippen LogP contribution in [-0.2, 0) is 16.0 Å². The Morgan fingerprint density at radius 2 is 1.76 bits per heavy atom. The van der Waals surface area contributed by atoms with Gasteiger partial charge in [0.1, 0.15) is 11.8 Å². The molecule has 0 bridgehead atoms. The van der Waals surface area contributed by atoms with Crippen molar-refractivity contribution < 1.29 is 23.8 Å². The molecule has 38 heavy (non-hydrogen) atoms. The number of carbonyl (C=O) groups is 2. The minimum absolute atomic E-state index is 0.0740. The van der Waals surface area contributed by atoms with E-state index in [1.54, 1.807) is 25.2 Å². The third-order valence-corrected chi connectivity index (χ3v) is 7.66. The lowest BCUT2D eigenvalue weighted by molar-refractivity contribution is -0.127. The lowest BCUT2D eigenvalue weighted by Gasteiger charge is -2.34. The highest BCUT2D eigenvalue weighted by molar-refractivity contribution is 7.10. The summed E-state index contributed by atoms with van der Waals surface area (Å²) in [4.78, 5) is 30.7. The van der Waals surface area contributed by atoms with Crippen LogP contribution in [0.2, 0.25) is 0 Å². The summed E-state index contributed by atoms with van der Waals surface area (Å²) in [5, 5.41) is 5.20. The van der Waals surface area contributed by atoms with Gasteiger partial charge in [-0.25, -0.2) is 0 Å². The van der Waals surface area contributed by atoms with Crippen LogP contribution in [-0.4, -0.2) is 38.7 Å². The van der Waals surface area contributed by atoms with Crippen molar-refractivity contribution in [1.29, 1.82) is 0 Å². The molecule has 1 heterocycles. The van der Waals surface area contributed by atoms with Gasteiger partial charge in [0.25, 0.3) is 0 Å². The van der Waals surface area contributed by atoms with Gasteiger partial charge in [-0.3, -0.25) is 14.5 Å². The maximum absolute atomic E-state index is 14.1. The van der Waals surface area contributed by atoms with E-state index in [1.165, 1.54) is 17.8 Å². The van der Waals surface area contributed by atoms with E-state index >= 15 is 0 Å². The number of carbonyl (C=O) groups excluding carboxylic acids is 2.